The van der Waals surface area contributed by atoms with Gasteiger partial charge in [-0.1, -0.05) is 31.2 Å². The molecular weight excluding hydrogens is 587 g/mol. The van der Waals surface area contributed by atoms with Crippen LogP contribution in [0, 0.1) is 0 Å². The number of carbonyl (C=O) groups excluding carboxylic acids is 2. The van der Waals surface area contributed by atoms with Crippen LogP contribution < -0.4 is 19.1 Å². The van der Waals surface area contributed by atoms with E-state index in [0.717, 1.165) is 14.8 Å². The fourth-order valence-corrected chi connectivity index (χ4v) is 6.43. The van der Waals surface area contributed by atoms with Gasteiger partial charge in [0.2, 0.25) is 11.8 Å². The van der Waals surface area contributed by atoms with Gasteiger partial charge in [-0.3, -0.25) is 13.9 Å². The summed E-state index contributed by atoms with van der Waals surface area (Å²) in [7, 11) is -2.67. The Bertz CT molecular complexity index is 1480. The Balaban J connectivity index is 2.12. The number of ether oxygens (including phenoxy) is 2. The lowest BCUT2D eigenvalue weighted by Crippen LogP contribution is -2.53. The van der Waals surface area contributed by atoms with Crippen LogP contribution in [0.1, 0.15) is 39.7 Å². The van der Waals surface area contributed by atoms with E-state index in [0.29, 0.717) is 24.5 Å². The summed E-state index contributed by atoms with van der Waals surface area (Å²) in [5.74, 6) is 0.0777. The molecule has 0 saturated carbocycles. The van der Waals surface area contributed by atoms with E-state index < -0.39 is 28.5 Å². The van der Waals surface area contributed by atoms with Crippen molar-refractivity contribution in [1.29, 1.82) is 0 Å². The van der Waals surface area contributed by atoms with E-state index in [1.807, 2.05) is 33.1 Å². The van der Waals surface area contributed by atoms with Crippen LogP contribution in [0.25, 0.3) is 0 Å². The van der Waals surface area contributed by atoms with Crippen molar-refractivity contribution in [2.45, 2.75) is 62.5 Å². The van der Waals surface area contributed by atoms with Gasteiger partial charge in [0.05, 0.1) is 24.3 Å². The van der Waals surface area contributed by atoms with Gasteiger partial charge >= 0.3 is 0 Å². The molecule has 0 bridgehead atoms. The Labute approximate surface area is 259 Å². The zero-order valence-corrected chi connectivity index (χ0v) is 27.2. The fraction of sp³-hybridized carbons (Fsp3) is 0.375. The average Bonchev–Trinajstić information content (AvgIpc) is 3.00. The van der Waals surface area contributed by atoms with Gasteiger partial charge < -0.3 is 19.7 Å². The van der Waals surface area contributed by atoms with E-state index in [-0.39, 0.29) is 29.1 Å². The summed E-state index contributed by atoms with van der Waals surface area (Å²) in [4.78, 5) is 30.0. The van der Waals surface area contributed by atoms with Crippen LogP contribution in [0.2, 0.25) is 0 Å². The normalized spacial score (nSPS) is 12.0. The topological polar surface area (TPSA) is 105 Å². The number of nitrogens with one attached hydrogen (secondary N) is 1. The summed E-state index contributed by atoms with van der Waals surface area (Å²) in [6.45, 7) is 7.14. The van der Waals surface area contributed by atoms with E-state index in [1.54, 1.807) is 68.6 Å². The number of hydrogen-bond acceptors (Lipinski definition) is 7. The number of amides is 2. The molecule has 0 heterocycles. The number of benzene rings is 3. The highest BCUT2D eigenvalue weighted by Gasteiger charge is 2.35. The summed E-state index contributed by atoms with van der Waals surface area (Å²) in [6.07, 6.45) is 2.23. The molecule has 0 spiro atoms. The number of sulfonamides is 1. The molecule has 0 aliphatic heterocycles. The summed E-state index contributed by atoms with van der Waals surface area (Å²) in [5, 5.41) is 2.90. The van der Waals surface area contributed by atoms with Crippen LogP contribution >= 0.6 is 11.8 Å². The molecule has 0 unspecified atom stereocenters. The molecule has 3 aromatic rings. The monoisotopic (exact) mass is 627 g/mol. The molecule has 0 saturated heterocycles. The SMILES string of the molecule is CCOc1ccccc1N(CC(=O)N(Cc1cccc(OC)c1)[C@@H](CC)C(=O)NC(C)C)S(=O)(=O)c1ccc(SC)cc1. The minimum Gasteiger partial charge on any atom is -0.497 e. The lowest BCUT2D eigenvalue weighted by atomic mass is 10.1. The number of hydrogen-bond donors (Lipinski definition) is 1. The molecule has 9 nitrogen and oxygen atoms in total. The highest BCUT2D eigenvalue weighted by molar-refractivity contribution is 7.98. The van der Waals surface area contributed by atoms with Gasteiger partial charge in [0.25, 0.3) is 10.0 Å². The standard InChI is InChI=1S/C32H41N3O6S2/c1-7-28(32(37)33-23(3)4)34(21-24-12-11-13-25(20-24)40-5)31(36)22-35(29-14-9-10-15-30(29)41-8-2)43(38,39)27-18-16-26(42-6)17-19-27/h9-20,23,28H,7-8,21-22H2,1-6H3,(H,33,37)/t28-/m0/s1. The van der Waals surface area contributed by atoms with Gasteiger partial charge in [0.1, 0.15) is 24.1 Å². The molecule has 11 heteroatoms. The zero-order chi connectivity index (χ0) is 31.6. The fourth-order valence-electron chi connectivity index (χ4n) is 4.60. The second-order valence-corrected chi connectivity index (χ2v) is 12.8. The van der Waals surface area contributed by atoms with Crippen LogP contribution in [-0.2, 0) is 26.2 Å². The van der Waals surface area contributed by atoms with Crippen molar-refractivity contribution < 1.29 is 27.5 Å². The molecule has 1 atom stereocenters. The molecule has 0 aromatic heterocycles. The molecule has 232 valence electrons. The average molecular weight is 628 g/mol. The van der Waals surface area contributed by atoms with Crippen LogP contribution in [0.3, 0.4) is 0 Å². The molecule has 0 radical (unpaired) electrons. The second kappa shape index (κ2) is 15.7. The Morgan fingerprint density at radius 2 is 1.67 bits per heavy atom. The van der Waals surface area contributed by atoms with E-state index >= 15 is 0 Å². The Hall–Kier alpha value is -3.70. The maximum Gasteiger partial charge on any atom is 0.264 e. The molecular formula is C32H41N3O6S2. The molecule has 43 heavy (non-hydrogen) atoms. The minimum atomic E-state index is -4.23. The molecule has 0 aliphatic carbocycles. The van der Waals surface area contributed by atoms with E-state index in [9.17, 15) is 18.0 Å². The molecule has 3 aromatic carbocycles. The number of carbonyl (C=O) groups is 2. The Morgan fingerprint density at radius 3 is 2.28 bits per heavy atom. The lowest BCUT2D eigenvalue weighted by Gasteiger charge is -2.34. The number of methoxy groups -OCH3 is 1. The number of thioether (sulfide) groups is 1. The van der Waals surface area contributed by atoms with E-state index in [1.165, 1.54) is 28.8 Å². The molecule has 0 fully saturated rings. The van der Waals surface area contributed by atoms with Crippen molar-refractivity contribution in [2.75, 3.05) is 30.8 Å². The van der Waals surface area contributed by atoms with Crippen LogP contribution in [0.5, 0.6) is 11.5 Å². The first-order valence-corrected chi connectivity index (χ1v) is 16.8. The largest absolute Gasteiger partial charge is 0.497 e. The first kappa shape index (κ1) is 33.8. The highest BCUT2D eigenvalue weighted by atomic mass is 32.2. The van der Waals surface area contributed by atoms with Gasteiger partial charge in [-0.15, -0.1) is 11.8 Å². The molecule has 0 aliphatic rings. The number of rotatable bonds is 15. The third-order valence-electron chi connectivity index (χ3n) is 6.66. The first-order chi connectivity index (χ1) is 20.5. The third kappa shape index (κ3) is 8.67. The molecule has 1 N–H and O–H groups in total. The van der Waals surface area contributed by atoms with Crippen LogP contribution in [0.15, 0.2) is 82.6 Å². The predicted molar refractivity (Wildman–Crippen MR) is 171 cm³/mol. The highest BCUT2D eigenvalue weighted by Crippen LogP contribution is 2.33. The van der Waals surface area contributed by atoms with Crippen molar-refractivity contribution >= 4 is 39.3 Å². The van der Waals surface area contributed by atoms with Crippen LogP contribution in [0.4, 0.5) is 5.69 Å². The smallest absolute Gasteiger partial charge is 0.264 e. The van der Waals surface area contributed by atoms with Gasteiger partial charge in [0.15, 0.2) is 0 Å². The summed E-state index contributed by atoms with van der Waals surface area (Å²) in [6, 6.07) is 19.5. The van der Waals surface area contributed by atoms with Gasteiger partial charge in [-0.25, -0.2) is 8.42 Å². The van der Waals surface area contributed by atoms with Gasteiger partial charge in [-0.05, 0) is 87.5 Å². The minimum absolute atomic E-state index is 0.0355. The van der Waals surface area contributed by atoms with E-state index in [4.69, 9.17) is 9.47 Å². The van der Waals surface area contributed by atoms with Crippen LogP contribution in [-0.4, -0.2) is 63.7 Å². The van der Waals surface area contributed by atoms with Crippen molar-refractivity contribution in [2.24, 2.45) is 0 Å². The van der Waals surface area contributed by atoms with Gasteiger partial charge in [-0.2, -0.15) is 0 Å². The van der Waals surface area contributed by atoms with Crippen molar-refractivity contribution in [3.63, 3.8) is 0 Å². The second-order valence-electron chi connectivity index (χ2n) is 10.0. The number of anilines is 1. The summed E-state index contributed by atoms with van der Waals surface area (Å²) >= 11 is 1.50. The Morgan fingerprint density at radius 1 is 0.977 bits per heavy atom. The Kier molecular flexibility index (Phi) is 12.3. The quantitative estimate of drug-likeness (QED) is 0.227. The zero-order valence-electron chi connectivity index (χ0n) is 25.6. The number of nitrogens with zero attached hydrogens (tertiary/aromatic N) is 2. The van der Waals surface area contributed by atoms with Gasteiger partial charge in [0, 0.05) is 17.5 Å². The lowest BCUT2D eigenvalue weighted by molar-refractivity contribution is -0.140. The summed E-state index contributed by atoms with van der Waals surface area (Å²) < 4.78 is 40.6. The number of para-hydroxylation sites is 2. The molecule has 2 amide bonds. The maximum atomic E-state index is 14.3. The van der Waals surface area contributed by atoms with Crippen molar-refractivity contribution in [3.05, 3.63) is 78.4 Å². The van der Waals surface area contributed by atoms with Crippen molar-refractivity contribution in [1.82, 2.24) is 10.2 Å². The summed E-state index contributed by atoms with van der Waals surface area (Å²) in [5.41, 5.74) is 0.966. The third-order valence-corrected chi connectivity index (χ3v) is 9.18. The predicted octanol–water partition coefficient (Wildman–Crippen LogP) is 5.34. The first-order valence-electron chi connectivity index (χ1n) is 14.2. The maximum absolute atomic E-state index is 14.3. The van der Waals surface area contributed by atoms with E-state index in [2.05, 4.69) is 5.32 Å². The molecule has 3 rings (SSSR count). The van der Waals surface area contributed by atoms with Crippen molar-refractivity contribution in [3.8, 4) is 11.5 Å².